The zero-order chi connectivity index (χ0) is 7.98. The van der Waals surface area contributed by atoms with E-state index in [9.17, 15) is 0 Å². The molecule has 2 nitrogen and oxygen atoms in total. The van der Waals surface area contributed by atoms with Crippen LogP contribution in [0, 0.1) is 0 Å². The highest BCUT2D eigenvalue weighted by Crippen LogP contribution is 1.95. The van der Waals surface area contributed by atoms with Gasteiger partial charge in [0.1, 0.15) is 11.5 Å². The van der Waals surface area contributed by atoms with Crippen molar-refractivity contribution in [2.45, 2.75) is 0 Å². The van der Waals surface area contributed by atoms with E-state index in [0.717, 1.165) is 6.08 Å². The number of hydrogen-bond acceptors (Lipinski definition) is 2. The van der Waals surface area contributed by atoms with Gasteiger partial charge in [-0.2, -0.15) is 0 Å². The summed E-state index contributed by atoms with van der Waals surface area (Å²) in [7, 11) is 0. The minimum Gasteiger partial charge on any atom is -0.508 e. The van der Waals surface area contributed by atoms with Gasteiger partial charge in [-0.15, -0.1) is 0 Å². The molecule has 0 amide bonds. The summed E-state index contributed by atoms with van der Waals surface area (Å²) < 4.78 is 0. The van der Waals surface area contributed by atoms with E-state index in [1.54, 1.807) is 6.08 Å². The number of aliphatic hydroxyl groups is 2. The topological polar surface area (TPSA) is 40.5 Å². The third-order valence-electron chi connectivity index (χ3n) is 0.718. The van der Waals surface area contributed by atoms with Gasteiger partial charge in [-0.25, -0.2) is 0 Å². The summed E-state index contributed by atoms with van der Waals surface area (Å²) in [5, 5.41) is 17.4. The Hall–Kier alpha value is -1.44. The van der Waals surface area contributed by atoms with Gasteiger partial charge in [0.25, 0.3) is 0 Å². The van der Waals surface area contributed by atoms with Gasteiger partial charge in [0, 0.05) is 6.08 Å². The largest absolute Gasteiger partial charge is 0.508 e. The normalized spacial score (nSPS) is 11.8. The molecule has 0 fully saturated rings. The van der Waals surface area contributed by atoms with Crippen LogP contribution in [0.1, 0.15) is 0 Å². The Balaban J connectivity index is 4.06. The first-order chi connectivity index (χ1) is 4.66. The Morgan fingerprint density at radius 1 is 1.30 bits per heavy atom. The molecule has 0 aromatic rings. The molecule has 0 aliphatic heterocycles. The molecule has 2 N–H and O–H groups in total. The zero-order valence-corrected chi connectivity index (χ0v) is 5.62. The lowest BCUT2D eigenvalue weighted by Crippen LogP contribution is -1.75. The molecule has 0 aliphatic rings. The van der Waals surface area contributed by atoms with Crippen molar-refractivity contribution in [3.05, 3.63) is 49.0 Å². The maximum atomic E-state index is 8.86. The van der Waals surface area contributed by atoms with Crippen LogP contribution in [-0.4, -0.2) is 10.2 Å². The Bertz CT molecular complexity index is 187. The molecule has 0 rings (SSSR count). The molecular weight excluding hydrogens is 128 g/mol. The molecule has 0 aromatic heterocycles. The third kappa shape index (κ3) is 4.71. The van der Waals surface area contributed by atoms with Crippen molar-refractivity contribution < 1.29 is 10.2 Å². The number of rotatable bonds is 3. The van der Waals surface area contributed by atoms with Crippen LogP contribution < -0.4 is 0 Å². The first-order valence-electron chi connectivity index (χ1n) is 2.74. The summed E-state index contributed by atoms with van der Waals surface area (Å²) in [6.07, 6.45) is 5.60. The second-order valence-electron chi connectivity index (χ2n) is 1.66. The highest BCUT2D eigenvalue weighted by Gasteiger charge is 1.83. The lowest BCUT2D eigenvalue weighted by molar-refractivity contribution is 0.406. The number of allylic oxidation sites excluding steroid dienone is 4. The summed E-state index contributed by atoms with van der Waals surface area (Å²) in [6.45, 7) is 6.56. The van der Waals surface area contributed by atoms with E-state index in [1.807, 2.05) is 0 Å². The van der Waals surface area contributed by atoms with Gasteiger partial charge in [-0.05, 0) is 6.08 Å². The zero-order valence-electron chi connectivity index (χ0n) is 5.62. The molecule has 0 unspecified atom stereocenters. The Morgan fingerprint density at radius 2 is 1.90 bits per heavy atom. The fourth-order valence-corrected chi connectivity index (χ4v) is 0.385. The van der Waals surface area contributed by atoms with E-state index < -0.39 is 0 Å². The Labute approximate surface area is 60.1 Å². The summed E-state index contributed by atoms with van der Waals surface area (Å²) in [5.41, 5.74) is 0. The summed E-state index contributed by atoms with van der Waals surface area (Å²) in [4.78, 5) is 0. The van der Waals surface area contributed by atoms with Crippen LogP contribution in [0.3, 0.4) is 0 Å². The molecule has 0 atom stereocenters. The molecule has 0 spiro atoms. The molecule has 54 valence electrons. The fourth-order valence-electron chi connectivity index (χ4n) is 0.385. The van der Waals surface area contributed by atoms with Crippen molar-refractivity contribution in [3.8, 4) is 0 Å². The van der Waals surface area contributed by atoms with Crippen LogP contribution in [0.2, 0.25) is 0 Å². The maximum absolute atomic E-state index is 8.86. The van der Waals surface area contributed by atoms with Gasteiger partial charge < -0.3 is 10.2 Å². The van der Waals surface area contributed by atoms with Crippen LogP contribution in [0.4, 0.5) is 0 Å². The van der Waals surface area contributed by atoms with E-state index in [-0.39, 0.29) is 11.5 Å². The summed E-state index contributed by atoms with van der Waals surface area (Å²) >= 11 is 0. The quantitative estimate of drug-likeness (QED) is 0.463. The first kappa shape index (κ1) is 8.56. The van der Waals surface area contributed by atoms with Crippen molar-refractivity contribution in [2.75, 3.05) is 0 Å². The molecule has 0 saturated carbocycles. The molecule has 0 aromatic carbocycles. The van der Waals surface area contributed by atoms with Crippen LogP contribution in [0.5, 0.6) is 0 Å². The first-order valence-corrected chi connectivity index (χ1v) is 2.74. The van der Waals surface area contributed by atoms with Gasteiger partial charge in [0.2, 0.25) is 0 Å². The van der Waals surface area contributed by atoms with Gasteiger partial charge in [0.05, 0.1) is 0 Å². The van der Waals surface area contributed by atoms with Crippen LogP contribution in [0.25, 0.3) is 0 Å². The molecule has 0 heterocycles. The Morgan fingerprint density at radius 3 is 2.30 bits per heavy atom. The molecule has 10 heavy (non-hydrogen) atoms. The van der Waals surface area contributed by atoms with E-state index in [1.165, 1.54) is 12.2 Å². The van der Waals surface area contributed by atoms with Crippen molar-refractivity contribution >= 4 is 0 Å². The van der Waals surface area contributed by atoms with Crippen LogP contribution >= 0.6 is 0 Å². The van der Waals surface area contributed by atoms with Crippen molar-refractivity contribution in [3.63, 3.8) is 0 Å². The van der Waals surface area contributed by atoms with E-state index in [0.29, 0.717) is 0 Å². The third-order valence-corrected chi connectivity index (χ3v) is 0.718. The Kier molecular flexibility index (Phi) is 3.80. The second kappa shape index (κ2) is 4.44. The highest BCUT2D eigenvalue weighted by molar-refractivity contribution is 5.20. The molecule has 2 heteroatoms. The predicted molar refractivity (Wildman–Crippen MR) is 41.8 cm³/mol. The molecule has 0 radical (unpaired) electrons. The van der Waals surface area contributed by atoms with E-state index in [2.05, 4.69) is 13.2 Å². The smallest absolute Gasteiger partial charge is 0.119 e. The monoisotopic (exact) mass is 138 g/mol. The maximum Gasteiger partial charge on any atom is 0.119 e. The van der Waals surface area contributed by atoms with Crippen molar-refractivity contribution in [1.29, 1.82) is 0 Å². The average Bonchev–Trinajstić information content (AvgIpc) is 1.82. The van der Waals surface area contributed by atoms with Crippen molar-refractivity contribution in [2.24, 2.45) is 0 Å². The molecular formula is C8H10O2. The molecule has 0 aliphatic carbocycles. The standard InChI is InChI=1S/C8H10O2/c1-3-4-5-8(10)6-7(2)9/h3-6,9-10H,1-2H2/b5-4-,8-6+. The van der Waals surface area contributed by atoms with E-state index in [4.69, 9.17) is 10.2 Å². The summed E-state index contributed by atoms with van der Waals surface area (Å²) in [6, 6.07) is 0. The van der Waals surface area contributed by atoms with Crippen LogP contribution in [-0.2, 0) is 0 Å². The number of aliphatic hydroxyl groups excluding tert-OH is 2. The molecule has 0 bridgehead atoms. The van der Waals surface area contributed by atoms with Gasteiger partial charge in [0.15, 0.2) is 0 Å². The number of hydrogen-bond donors (Lipinski definition) is 2. The lowest BCUT2D eigenvalue weighted by atomic mass is 10.3. The lowest BCUT2D eigenvalue weighted by Gasteiger charge is -1.88. The van der Waals surface area contributed by atoms with E-state index >= 15 is 0 Å². The van der Waals surface area contributed by atoms with Crippen LogP contribution in [0.15, 0.2) is 49.0 Å². The molecule has 0 saturated heterocycles. The van der Waals surface area contributed by atoms with Crippen molar-refractivity contribution in [1.82, 2.24) is 0 Å². The fraction of sp³-hybridized carbons (Fsp3) is 0. The average molecular weight is 138 g/mol. The highest BCUT2D eigenvalue weighted by atomic mass is 16.3. The minimum absolute atomic E-state index is 0.0487. The SMILES string of the molecule is C=C/C=C\C(O)=C/C(=C)O. The van der Waals surface area contributed by atoms with Gasteiger partial charge in [-0.3, -0.25) is 0 Å². The minimum atomic E-state index is -0.175. The van der Waals surface area contributed by atoms with Gasteiger partial charge >= 0.3 is 0 Å². The second-order valence-corrected chi connectivity index (χ2v) is 1.66. The summed E-state index contributed by atoms with van der Waals surface area (Å²) in [5.74, 6) is -0.224. The predicted octanol–water partition coefficient (Wildman–Crippen LogP) is 2.24. The van der Waals surface area contributed by atoms with Gasteiger partial charge in [-0.1, -0.05) is 25.3 Å².